The highest BCUT2D eigenvalue weighted by atomic mass is 31.2. The fourth-order valence-electron chi connectivity index (χ4n) is 10.4. The zero-order chi connectivity index (χ0) is 71.8. The topological polar surface area (TPSA) is 237 Å². The third-order valence-corrected chi connectivity index (χ3v) is 18.3. The van der Waals surface area contributed by atoms with Crippen molar-refractivity contribution in [2.75, 3.05) is 39.6 Å². The summed E-state index contributed by atoms with van der Waals surface area (Å²) in [5.41, 5.74) is 0. The number of phosphoric acid groups is 2. The van der Waals surface area contributed by atoms with Gasteiger partial charge in [0.25, 0.3) is 0 Å². The highest BCUT2D eigenvalue weighted by Crippen LogP contribution is 2.45. The molecule has 0 aromatic rings. The molecule has 0 amide bonds. The van der Waals surface area contributed by atoms with Crippen LogP contribution in [0, 0.1) is 0 Å². The van der Waals surface area contributed by atoms with Gasteiger partial charge in [-0.2, -0.15) is 0 Å². The molecule has 2 unspecified atom stereocenters. The van der Waals surface area contributed by atoms with E-state index in [0.29, 0.717) is 32.1 Å². The van der Waals surface area contributed by atoms with Gasteiger partial charge in [0, 0.05) is 25.7 Å². The van der Waals surface area contributed by atoms with Gasteiger partial charge in [-0.15, -0.1) is 0 Å². The van der Waals surface area contributed by atoms with Crippen molar-refractivity contribution in [3.8, 4) is 0 Å². The molecule has 0 spiro atoms. The molecule has 0 heterocycles. The minimum absolute atomic E-state index is 0.0668. The van der Waals surface area contributed by atoms with Crippen molar-refractivity contribution >= 4 is 39.5 Å². The Kier molecular flexibility index (Phi) is 68.9. The normalized spacial score (nSPS) is 14.4. The molecule has 17 nitrogen and oxygen atoms in total. The van der Waals surface area contributed by atoms with Crippen LogP contribution < -0.4 is 0 Å². The molecule has 0 saturated heterocycles. The Balaban J connectivity index is 5.39. The van der Waals surface area contributed by atoms with E-state index in [4.69, 9.17) is 37.0 Å². The van der Waals surface area contributed by atoms with Gasteiger partial charge in [-0.3, -0.25) is 37.3 Å². The Hall–Kier alpha value is -3.76. The number of esters is 4. The summed E-state index contributed by atoms with van der Waals surface area (Å²) in [5.74, 6) is -2.25. The summed E-state index contributed by atoms with van der Waals surface area (Å²) in [7, 11) is -9.96. The molecule has 0 aliphatic heterocycles. The van der Waals surface area contributed by atoms with Crippen LogP contribution in [-0.2, 0) is 65.4 Å². The second-order valence-corrected chi connectivity index (χ2v) is 28.9. The van der Waals surface area contributed by atoms with Gasteiger partial charge in [-0.25, -0.2) is 9.13 Å². The molecule has 0 aliphatic rings. The molecule has 0 aliphatic carbocycles. The number of phosphoric ester groups is 2. The molecule has 19 heteroatoms. The maximum Gasteiger partial charge on any atom is 0.472 e. The van der Waals surface area contributed by atoms with Gasteiger partial charge in [0.15, 0.2) is 12.2 Å². The lowest BCUT2D eigenvalue weighted by atomic mass is 10.0. The molecule has 0 bridgehead atoms. The largest absolute Gasteiger partial charge is 0.472 e. The fraction of sp³-hybridized carbons (Fsp3) is 0.772. The number of rotatable bonds is 73. The van der Waals surface area contributed by atoms with Crippen molar-refractivity contribution in [1.82, 2.24) is 0 Å². The Morgan fingerprint density at radius 3 is 0.908 bits per heavy atom. The average molecular weight is 1420 g/mol. The first kappa shape index (κ1) is 94.2. The first-order chi connectivity index (χ1) is 47.7. The summed E-state index contributed by atoms with van der Waals surface area (Å²) < 4.78 is 68.4. The third-order valence-electron chi connectivity index (χ3n) is 16.4. The molecule has 0 aromatic carbocycles. The molecule has 0 rings (SSSR count). The first-order valence-corrected chi connectivity index (χ1v) is 41.8. The summed E-state index contributed by atoms with van der Waals surface area (Å²) >= 11 is 0. The second kappa shape index (κ2) is 71.6. The van der Waals surface area contributed by atoms with Crippen LogP contribution in [0.5, 0.6) is 0 Å². The smallest absolute Gasteiger partial charge is 0.462 e. The number of allylic oxidation sites excluding steroid dienone is 14. The minimum Gasteiger partial charge on any atom is -0.462 e. The highest BCUT2D eigenvalue weighted by Gasteiger charge is 2.30. The number of carbonyl (C=O) groups is 4. The zero-order valence-corrected chi connectivity index (χ0v) is 63.7. The van der Waals surface area contributed by atoms with Crippen molar-refractivity contribution in [3.63, 3.8) is 0 Å². The lowest BCUT2D eigenvalue weighted by Gasteiger charge is -2.21. The van der Waals surface area contributed by atoms with E-state index in [1.807, 2.05) is 12.2 Å². The maximum absolute atomic E-state index is 13.1. The molecule has 98 heavy (non-hydrogen) atoms. The van der Waals surface area contributed by atoms with Crippen molar-refractivity contribution < 1.29 is 80.2 Å². The van der Waals surface area contributed by atoms with Crippen molar-refractivity contribution in [1.29, 1.82) is 0 Å². The molecule has 0 saturated carbocycles. The quantitative estimate of drug-likeness (QED) is 0.0128. The predicted molar refractivity (Wildman–Crippen MR) is 399 cm³/mol. The van der Waals surface area contributed by atoms with Gasteiger partial charge in [0.1, 0.15) is 19.3 Å². The number of unbranched alkanes of at least 4 members (excludes halogenated alkanes) is 34. The van der Waals surface area contributed by atoms with Crippen LogP contribution >= 0.6 is 15.6 Å². The molecule has 568 valence electrons. The van der Waals surface area contributed by atoms with Gasteiger partial charge in [-0.05, 0) is 116 Å². The lowest BCUT2D eigenvalue weighted by Crippen LogP contribution is -2.30. The predicted octanol–water partition coefficient (Wildman–Crippen LogP) is 22.2. The average Bonchev–Trinajstić information content (AvgIpc) is 1.05. The lowest BCUT2D eigenvalue weighted by molar-refractivity contribution is -0.161. The molecule has 3 N–H and O–H groups in total. The van der Waals surface area contributed by atoms with E-state index in [-0.39, 0.29) is 25.7 Å². The minimum atomic E-state index is -4.99. The van der Waals surface area contributed by atoms with Crippen LogP contribution in [0.2, 0.25) is 0 Å². The summed E-state index contributed by atoms with van der Waals surface area (Å²) in [5, 5.41) is 10.6. The van der Waals surface area contributed by atoms with Crippen LogP contribution in [0.4, 0.5) is 0 Å². The van der Waals surface area contributed by atoms with E-state index in [9.17, 15) is 43.2 Å². The van der Waals surface area contributed by atoms with Crippen LogP contribution in [0.15, 0.2) is 85.1 Å². The van der Waals surface area contributed by atoms with Crippen molar-refractivity contribution in [2.45, 2.75) is 354 Å². The Labute approximate surface area is 595 Å². The summed E-state index contributed by atoms with van der Waals surface area (Å²) in [6.45, 7) is 4.75. The Morgan fingerprint density at radius 2 is 0.541 bits per heavy atom. The van der Waals surface area contributed by atoms with Gasteiger partial charge < -0.3 is 33.8 Å². The van der Waals surface area contributed by atoms with E-state index in [0.717, 1.165) is 122 Å². The molecule has 0 radical (unpaired) electrons. The van der Waals surface area contributed by atoms with E-state index in [1.165, 1.54) is 128 Å². The Bertz CT molecular complexity index is 2190. The molecule has 0 fully saturated rings. The van der Waals surface area contributed by atoms with Crippen LogP contribution in [0.3, 0.4) is 0 Å². The molecular formula is C79H140O17P2. The number of hydrogen-bond donors (Lipinski definition) is 3. The van der Waals surface area contributed by atoms with Crippen LogP contribution in [0.25, 0.3) is 0 Å². The van der Waals surface area contributed by atoms with Gasteiger partial charge in [0.05, 0.1) is 26.4 Å². The highest BCUT2D eigenvalue weighted by molar-refractivity contribution is 7.47. The third kappa shape index (κ3) is 70.7. The fourth-order valence-corrected chi connectivity index (χ4v) is 12.0. The monoisotopic (exact) mass is 1420 g/mol. The van der Waals surface area contributed by atoms with E-state index >= 15 is 0 Å². The molecule has 5 atom stereocenters. The zero-order valence-electron chi connectivity index (χ0n) is 62.0. The van der Waals surface area contributed by atoms with Gasteiger partial charge in [0.2, 0.25) is 0 Å². The van der Waals surface area contributed by atoms with Gasteiger partial charge >= 0.3 is 39.5 Å². The number of carbonyl (C=O) groups excluding carboxylic acids is 4. The SMILES string of the molecule is CCCCC/C=C\C/C=C\C/C=C\C/C=C\CCCC(=O)OC[C@H](COP(=O)(O)OC[C@@H](O)COP(=O)(O)OC[C@@H](COC(=O)CCCCCCCCCCCCCCC)OC(=O)CCCCCCC/C=C\CCCCCC)OC(=O)CCCCCCC/C=C\C=C/CCCCCC. The maximum atomic E-state index is 13.1. The number of ether oxygens (including phenoxy) is 4. The van der Waals surface area contributed by atoms with Crippen LogP contribution in [0.1, 0.15) is 336 Å². The van der Waals surface area contributed by atoms with Gasteiger partial charge in [-0.1, -0.05) is 280 Å². The number of aliphatic hydroxyl groups is 1. The van der Waals surface area contributed by atoms with E-state index < -0.39 is 97.5 Å². The summed E-state index contributed by atoms with van der Waals surface area (Å²) in [6, 6.07) is 0. The number of hydrogen-bond acceptors (Lipinski definition) is 15. The van der Waals surface area contributed by atoms with Crippen LogP contribution in [-0.4, -0.2) is 96.7 Å². The number of aliphatic hydroxyl groups excluding tert-OH is 1. The second-order valence-electron chi connectivity index (χ2n) is 26.0. The summed E-state index contributed by atoms with van der Waals surface area (Å²) in [6.07, 6.45) is 72.9. The Morgan fingerprint density at radius 1 is 0.296 bits per heavy atom. The van der Waals surface area contributed by atoms with Crippen molar-refractivity contribution in [3.05, 3.63) is 85.1 Å². The molecule has 0 aromatic heterocycles. The summed E-state index contributed by atoms with van der Waals surface area (Å²) in [4.78, 5) is 72.8. The molecular weight excluding hydrogens is 1280 g/mol. The first-order valence-electron chi connectivity index (χ1n) is 38.8. The standard InChI is InChI=1S/C79H140O17P2/c1-5-9-13-17-21-25-29-33-35-36-38-41-44-48-52-56-60-64-77(82)90-70-75(96-79(84)66-62-58-54-50-46-42-37-34-30-26-22-18-14-10-6-2)72-94-98(87,88)92-68-73(80)67-91-97(85,86)93-71-74(95-78(83)65-61-57-53-49-45-40-32-28-24-20-16-12-8-4)69-89-76(81)63-59-55-51-47-43-39-31-27-23-19-15-11-7-3/h21,25-26,28,30,32-35,37-38,41,48,52,73-75,80H,5-20,22-24,27,29,31,36,39-40,42-47,49-51,53-72H2,1-4H3,(H,85,86)(H,87,88)/b25-21-,30-26-,32-28-,35-33-,37-34-,41-38-,52-48-/t73-,74+,75+/m0/s1. The van der Waals surface area contributed by atoms with E-state index in [2.05, 4.69) is 101 Å². The van der Waals surface area contributed by atoms with Crippen molar-refractivity contribution in [2.24, 2.45) is 0 Å². The van der Waals surface area contributed by atoms with E-state index in [1.54, 1.807) is 0 Å².